The molecular formula is C16H22BrClN2O. The second kappa shape index (κ2) is 6.67. The van der Waals surface area contributed by atoms with Crippen LogP contribution in [-0.4, -0.2) is 11.9 Å². The molecule has 2 aliphatic rings. The first-order valence-corrected chi connectivity index (χ1v) is 8.21. The fourth-order valence-electron chi connectivity index (χ4n) is 3.25. The summed E-state index contributed by atoms with van der Waals surface area (Å²) >= 11 is 3.45. The Labute approximate surface area is 140 Å². The van der Waals surface area contributed by atoms with Gasteiger partial charge in [-0.2, -0.15) is 0 Å². The summed E-state index contributed by atoms with van der Waals surface area (Å²) in [6, 6.07) is 8.48. The van der Waals surface area contributed by atoms with Crippen molar-refractivity contribution in [2.45, 2.75) is 50.1 Å². The van der Waals surface area contributed by atoms with Gasteiger partial charge in [-0.15, -0.1) is 12.4 Å². The molecule has 2 aliphatic carbocycles. The summed E-state index contributed by atoms with van der Waals surface area (Å²) in [4.78, 5) is 12.3. The third-order valence-electron chi connectivity index (χ3n) is 4.69. The lowest BCUT2D eigenvalue weighted by atomic mass is 9.98. The van der Waals surface area contributed by atoms with E-state index in [0.29, 0.717) is 12.3 Å². The highest BCUT2D eigenvalue weighted by Crippen LogP contribution is 2.46. The average Bonchev–Trinajstić information content (AvgIpc) is 3.08. The maximum Gasteiger partial charge on any atom is 0.221 e. The summed E-state index contributed by atoms with van der Waals surface area (Å²) in [5.41, 5.74) is 7.15. The van der Waals surface area contributed by atoms with Crippen LogP contribution in [-0.2, 0) is 10.3 Å². The minimum Gasteiger partial charge on any atom is -0.347 e. The van der Waals surface area contributed by atoms with Gasteiger partial charge >= 0.3 is 0 Å². The molecule has 0 aliphatic heterocycles. The summed E-state index contributed by atoms with van der Waals surface area (Å²) in [5.74, 6) is 0.531. The van der Waals surface area contributed by atoms with Crippen LogP contribution in [0, 0.1) is 5.92 Å². The van der Waals surface area contributed by atoms with E-state index in [0.717, 1.165) is 36.6 Å². The third-order valence-corrected chi connectivity index (χ3v) is 5.22. The highest BCUT2D eigenvalue weighted by Gasteiger charge is 2.45. The van der Waals surface area contributed by atoms with Crippen molar-refractivity contribution < 1.29 is 4.79 Å². The van der Waals surface area contributed by atoms with Gasteiger partial charge in [0.1, 0.15) is 0 Å². The molecule has 0 aromatic heterocycles. The summed E-state index contributed by atoms with van der Waals surface area (Å²) in [7, 11) is 0. The van der Waals surface area contributed by atoms with Gasteiger partial charge in [-0.3, -0.25) is 4.79 Å². The molecule has 0 saturated heterocycles. The van der Waals surface area contributed by atoms with E-state index < -0.39 is 0 Å². The second-order valence-corrected chi connectivity index (χ2v) is 7.11. The maximum atomic E-state index is 12.3. The minimum absolute atomic E-state index is 0. The molecule has 1 aromatic carbocycles. The van der Waals surface area contributed by atoms with Crippen molar-refractivity contribution in [2.24, 2.45) is 11.7 Å². The molecule has 0 heterocycles. The summed E-state index contributed by atoms with van der Waals surface area (Å²) in [6.45, 7) is 0. The number of hydrogen-bond acceptors (Lipinski definition) is 2. The molecule has 2 saturated carbocycles. The van der Waals surface area contributed by atoms with E-state index in [1.54, 1.807) is 0 Å². The summed E-state index contributed by atoms with van der Waals surface area (Å²) in [5, 5.41) is 3.24. The van der Waals surface area contributed by atoms with Crippen molar-refractivity contribution in [1.82, 2.24) is 5.32 Å². The number of rotatable bonds is 4. The number of nitrogens with one attached hydrogen (secondary N) is 1. The van der Waals surface area contributed by atoms with Crippen molar-refractivity contribution >= 4 is 34.2 Å². The Kier molecular flexibility index (Phi) is 5.33. The highest BCUT2D eigenvalue weighted by molar-refractivity contribution is 9.10. The van der Waals surface area contributed by atoms with E-state index in [4.69, 9.17) is 5.73 Å². The fraction of sp³-hybridized carbons (Fsp3) is 0.562. The van der Waals surface area contributed by atoms with Gasteiger partial charge < -0.3 is 11.1 Å². The van der Waals surface area contributed by atoms with Crippen LogP contribution < -0.4 is 11.1 Å². The SMILES string of the molecule is Cl.N[C@@H]1CCC[C@H]1CC(=O)NC1(c2ccc(Br)cc2)CC1. The standard InChI is InChI=1S/C16H21BrN2O.ClH/c17-13-6-4-12(5-7-13)16(8-9-16)19-15(20)10-11-2-1-3-14(11)18;/h4-7,11,14H,1-3,8-10,18H2,(H,19,20);1H/t11-,14+;/m0./s1. The second-order valence-electron chi connectivity index (χ2n) is 6.20. The zero-order valence-corrected chi connectivity index (χ0v) is 14.4. The molecule has 5 heteroatoms. The molecule has 3 rings (SSSR count). The highest BCUT2D eigenvalue weighted by atomic mass is 79.9. The first-order chi connectivity index (χ1) is 9.59. The van der Waals surface area contributed by atoms with E-state index in [1.165, 1.54) is 5.56 Å². The smallest absolute Gasteiger partial charge is 0.221 e. The zero-order valence-electron chi connectivity index (χ0n) is 12.0. The molecule has 1 aromatic rings. The van der Waals surface area contributed by atoms with E-state index in [2.05, 4.69) is 33.4 Å². The lowest BCUT2D eigenvalue weighted by Crippen LogP contribution is -2.37. The number of nitrogens with two attached hydrogens (primary N) is 1. The first-order valence-electron chi connectivity index (χ1n) is 7.42. The molecule has 2 atom stereocenters. The molecule has 116 valence electrons. The molecule has 0 unspecified atom stereocenters. The molecule has 3 N–H and O–H groups in total. The Morgan fingerprint density at radius 3 is 2.48 bits per heavy atom. The molecule has 0 radical (unpaired) electrons. The predicted molar refractivity (Wildman–Crippen MR) is 90.4 cm³/mol. The van der Waals surface area contributed by atoms with Crippen LogP contribution in [0.25, 0.3) is 0 Å². The Hall–Kier alpha value is -0.580. The number of amides is 1. The number of carbonyl (C=O) groups excluding carboxylic acids is 1. The van der Waals surface area contributed by atoms with Gasteiger partial charge in [0.05, 0.1) is 5.54 Å². The van der Waals surface area contributed by atoms with Gasteiger partial charge in [0.2, 0.25) is 5.91 Å². The fourth-order valence-corrected chi connectivity index (χ4v) is 3.52. The molecule has 2 fully saturated rings. The molecule has 0 spiro atoms. The van der Waals surface area contributed by atoms with Gasteiger partial charge in [0, 0.05) is 16.9 Å². The molecule has 21 heavy (non-hydrogen) atoms. The van der Waals surface area contributed by atoms with Gasteiger partial charge in [-0.05, 0) is 49.3 Å². The van der Waals surface area contributed by atoms with Crippen molar-refractivity contribution in [2.75, 3.05) is 0 Å². The Balaban J connectivity index is 0.00000161. The predicted octanol–water partition coefficient (Wildman–Crippen LogP) is 3.49. The van der Waals surface area contributed by atoms with Gasteiger partial charge in [0.15, 0.2) is 0 Å². The topological polar surface area (TPSA) is 55.1 Å². The maximum absolute atomic E-state index is 12.3. The van der Waals surface area contributed by atoms with Gasteiger partial charge in [0.25, 0.3) is 0 Å². The Morgan fingerprint density at radius 1 is 1.29 bits per heavy atom. The monoisotopic (exact) mass is 372 g/mol. The van der Waals surface area contributed by atoms with E-state index in [-0.39, 0.29) is 29.9 Å². The molecule has 1 amide bonds. The molecule has 3 nitrogen and oxygen atoms in total. The van der Waals surface area contributed by atoms with Crippen LogP contribution in [0.4, 0.5) is 0 Å². The number of halogens is 2. The number of carbonyl (C=O) groups is 1. The average molecular weight is 374 g/mol. The van der Waals surface area contributed by atoms with Crippen LogP contribution >= 0.6 is 28.3 Å². The van der Waals surface area contributed by atoms with Gasteiger partial charge in [-0.25, -0.2) is 0 Å². The molecule has 0 bridgehead atoms. The van der Waals surface area contributed by atoms with E-state index in [1.807, 2.05) is 12.1 Å². The van der Waals surface area contributed by atoms with Crippen LogP contribution in [0.2, 0.25) is 0 Å². The normalized spacial score (nSPS) is 26.0. The van der Waals surface area contributed by atoms with Crippen LogP contribution in [0.5, 0.6) is 0 Å². The van der Waals surface area contributed by atoms with Crippen molar-refractivity contribution in [3.63, 3.8) is 0 Å². The first kappa shape index (κ1) is 16.8. The Bertz CT molecular complexity index is 502. The van der Waals surface area contributed by atoms with Crippen molar-refractivity contribution in [3.05, 3.63) is 34.3 Å². The van der Waals surface area contributed by atoms with Crippen LogP contribution in [0.1, 0.15) is 44.1 Å². The summed E-state index contributed by atoms with van der Waals surface area (Å²) < 4.78 is 1.07. The van der Waals surface area contributed by atoms with Gasteiger partial charge in [-0.1, -0.05) is 34.5 Å². The quantitative estimate of drug-likeness (QED) is 0.849. The lowest BCUT2D eigenvalue weighted by Gasteiger charge is -2.21. The number of benzene rings is 1. The number of hydrogen-bond donors (Lipinski definition) is 2. The third kappa shape index (κ3) is 3.79. The van der Waals surface area contributed by atoms with Crippen LogP contribution in [0.15, 0.2) is 28.7 Å². The zero-order chi connectivity index (χ0) is 14.2. The largest absolute Gasteiger partial charge is 0.347 e. The van der Waals surface area contributed by atoms with Crippen molar-refractivity contribution in [3.8, 4) is 0 Å². The van der Waals surface area contributed by atoms with E-state index in [9.17, 15) is 4.79 Å². The molecular weight excluding hydrogens is 352 g/mol. The lowest BCUT2D eigenvalue weighted by molar-refractivity contribution is -0.123. The Morgan fingerprint density at radius 2 is 1.95 bits per heavy atom. The van der Waals surface area contributed by atoms with E-state index >= 15 is 0 Å². The van der Waals surface area contributed by atoms with Crippen LogP contribution in [0.3, 0.4) is 0 Å². The summed E-state index contributed by atoms with van der Waals surface area (Å²) in [6.07, 6.45) is 5.99. The minimum atomic E-state index is -0.111. The van der Waals surface area contributed by atoms with Crippen molar-refractivity contribution in [1.29, 1.82) is 0 Å².